The lowest BCUT2D eigenvalue weighted by atomic mass is 9.86. The highest BCUT2D eigenvalue weighted by Gasteiger charge is 2.28. The second-order valence-electron chi connectivity index (χ2n) is 10.1. The Balaban J connectivity index is 1.97. The number of amides is 1. The first-order chi connectivity index (χ1) is 13.9. The monoisotopic (exact) mass is 404 g/mol. The van der Waals surface area contributed by atoms with Crippen molar-refractivity contribution < 1.29 is 4.79 Å². The number of H-pyrrole nitrogens is 1. The lowest BCUT2D eigenvalue weighted by Crippen LogP contribution is -2.46. The van der Waals surface area contributed by atoms with Gasteiger partial charge in [-0.3, -0.25) is 9.59 Å². The second kappa shape index (κ2) is 7.75. The van der Waals surface area contributed by atoms with E-state index in [1.165, 1.54) is 5.56 Å². The zero-order chi connectivity index (χ0) is 22.3. The Morgan fingerprint density at radius 1 is 0.933 bits per heavy atom. The van der Waals surface area contributed by atoms with Gasteiger partial charge >= 0.3 is 0 Å². The largest absolute Gasteiger partial charge is 0.329 e. The molecule has 0 aliphatic rings. The first kappa shape index (κ1) is 21.8. The number of aromatic amines is 1. The van der Waals surface area contributed by atoms with Crippen molar-refractivity contribution in [1.82, 2.24) is 9.88 Å². The van der Waals surface area contributed by atoms with Gasteiger partial charge in [0.15, 0.2) is 0 Å². The summed E-state index contributed by atoms with van der Waals surface area (Å²) in [5, 5.41) is 0.964. The number of pyridine rings is 1. The highest BCUT2D eigenvalue weighted by molar-refractivity contribution is 5.94. The lowest BCUT2D eigenvalue weighted by Gasteiger charge is -2.36. The third-order valence-corrected chi connectivity index (χ3v) is 5.46. The van der Waals surface area contributed by atoms with E-state index in [1.807, 2.05) is 76.2 Å². The normalized spacial score (nSPS) is 12.2. The maximum atomic E-state index is 13.4. The molecule has 3 aromatic rings. The molecule has 4 heteroatoms. The van der Waals surface area contributed by atoms with Gasteiger partial charge in [0.05, 0.1) is 6.54 Å². The number of carbonyl (C=O) groups is 1. The quantitative estimate of drug-likeness (QED) is 0.620. The van der Waals surface area contributed by atoms with Gasteiger partial charge in [-0.05, 0) is 73.9 Å². The van der Waals surface area contributed by atoms with Crippen LogP contribution < -0.4 is 5.56 Å². The molecule has 0 fully saturated rings. The van der Waals surface area contributed by atoms with Gasteiger partial charge in [-0.1, -0.05) is 45.0 Å². The summed E-state index contributed by atoms with van der Waals surface area (Å²) in [5.74, 6) is -0.0774. The van der Waals surface area contributed by atoms with Gasteiger partial charge in [-0.2, -0.15) is 0 Å². The average molecular weight is 405 g/mol. The van der Waals surface area contributed by atoms with Crippen molar-refractivity contribution in [2.75, 3.05) is 0 Å². The number of aryl methyl sites for hydroxylation is 1. The molecule has 30 heavy (non-hydrogen) atoms. The molecule has 1 amide bonds. The smallest absolute Gasteiger partial charge is 0.254 e. The summed E-state index contributed by atoms with van der Waals surface area (Å²) < 4.78 is 0. The van der Waals surface area contributed by atoms with Crippen molar-refractivity contribution in [3.8, 4) is 0 Å². The van der Waals surface area contributed by atoms with Crippen molar-refractivity contribution >= 4 is 16.8 Å². The molecular formula is C26H32N2O2. The van der Waals surface area contributed by atoms with Crippen LogP contribution in [0.2, 0.25) is 0 Å². The molecule has 0 saturated carbocycles. The Hall–Kier alpha value is -2.88. The van der Waals surface area contributed by atoms with Gasteiger partial charge < -0.3 is 9.88 Å². The lowest BCUT2D eigenvalue weighted by molar-refractivity contribution is 0.0558. The topological polar surface area (TPSA) is 53.2 Å². The Bertz CT molecular complexity index is 1130. The summed E-state index contributed by atoms with van der Waals surface area (Å²) in [4.78, 5) is 30.9. The number of hydrogen-bond donors (Lipinski definition) is 1. The molecule has 0 aliphatic heterocycles. The molecule has 0 atom stereocenters. The second-order valence-corrected chi connectivity index (χ2v) is 10.1. The van der Waals surface area contributed by atoms with Crippen LogP contribution in [0, 0.1) is 6.92 Å². The highest BCUT2D eigenvalue weighted by Crippen LogP contribution is 2.25. The third kappa shape index (κ3) is 4.64. The summed E-state index contributed by atoms with van der Waals surface area (Å²) in [6, 6.07) is 15.7. The highest BCUT2D eigenvalue weighted by atomic mass is 16.2. The van der Waals surface area contributed by atoms with E-state index in [1.54, 1.807) is 4.90 Å². The van der Waals surface area contributed by atoms with E-state index >= 15 is 0 Å². The minimum Gasteiger partial charge on any atom is -0.329 e. The third-order valence-electron chi connectivity index (χ3n) is 5.46. The number of rotatable bonds is 3. The minimum atomic E-state index is -0.436. The van der Waals surface area contributed by atoms with Crippen molar-refractivity contribution in [2.45, 2.75) is 66.0 Å². The predicted molar refractivity (Wildman–Crippen MR) is 124 cm³/mol. The van der Waals surface area contributed by atoms with E-state index in [4.69, 9.17) is 0 Å². The number of benzene rings is 2. The van der Waals surface area contributed by atoms with Crippen molar-refractivity contribution in [3.05, 3.63) is 81.1 Å². The maximum absolute atomic E-state index is 13.4. The summed E-state index contributed by atoms with van der Waals surface area (Å²) in [6.45, 7) is 14.7. The van der Waals surface area contributed by atoms with E-state index in [-0.39, 0.29) is 23.4 Å². The van der Waals surface area contributed by atoms with Gasteiger partial charge in [0.1, 0.15) is 0 Å². The average Bonchev–Trinajstić information content (AvgIpc) is 2.64. The number of aromatic nitrogens is 1. The number of hydrogen-bond acceptors (Lipinski definition) is 2. The van der Waals surface area contributed by atoms with Crippen molar-refractivity contribution in [2.24, 2.45) is 0 Å². The van der Waals surface area contributed by atoms with Crippen LogP contribution in [-0.2, 0) is 12.0 Å². The standard InChI is InChI=1S/C26H32N2O2/c1-17-8-9-19-15-20(23(29)27-22(19)14-17)16-28(26(5,6)7)24(30)18-10-12-21(13-11-18)25(2,3)4/h8-15H,16H2,1-7H3,(H,27,29). The van der Waals surface area contributed by atoms with Crippen LogP contribution >= 0.6 is 0 Å². The Morgan fingerprint density at radius 3 is 2.13 bits per heavy atom. The molecule has 0 spiro atoms. The number of fused-ring (bicyclic) bond motifs is 1. The fourth-order valence-corrected chi connectivity index (χ4v) is 3.53. The molecule has 0 unspecified atom stereocenters. The zero-order valence-electron chi connectivity index (χ0n) is 19.1. The fourth-order valence-electron chi connectivity index (χ4n) is 3.53. The summed E-state index contributed by atoms with van der Waals surface area (Å²) >= 11 is 0. The van der Waals surface area contributed by atoms with Gasteiger partial charge in [-0.25, -0.2) is 0 Å². The summed E-state index contributed by atoms with van der Waals surface area (Å²) in [6.07, 6.45) is 0. The number of nitrogens with zero attached hydrogens (tertiary/aromatic N) is 1. The Labute approximate surface area is 178 Å². The molecule has 1 heterocycles. The maximum Gasteiger partial charge on any atom is 0.254 e. The van der Waals surface area contributed by atoms with E-state index < -0.39 is 5.54 Å². The van der Waals surface area contributed by atoms with E-state index in [9.17, 15) is 9.59 Å². The Morgan fingerprint density at radius 2 is 1.57 bits per heavy atom. The van der Waals surface area contributed by atoms with Crippen molar-refractivity contribution in [3.63, 3.8) is 0 Å². The summed E-state index contributed by atoms with van der Waals surface area (Å²) in [7, 11) is 0. The van der Waals surface area contributed by atoms with Gasteiger partial charge in [0.2, 0.25) is 0 Å². The van der Waals surface area contributed by atoms with Gasteiger partial charge in [-0.15, -0.1) is 0 Å². The zero-order valence-corrected chi connectivity index (χ0v) is 19.1. The fraction of sp³-hybridized carbons (Fsp3) is 0.385. The van der Waals surface area contributed by atoms with Gasteiger partial charge in [0.25, 0.3) is 11.5 Å². The molecule has 1 aromatic heterocycles. The van der Waals surface area contributed by atoms with Crippen LogP contribution in [0.15, 0.2) is 53.3 Å². The van der Waals surface area contributed by atoms with E-state index in [0.717, 1.165) is 16.5 Å². The van der Waals surface area contributed by atoms with Crippen LogP contribution in [0.5, 0.6) is 0 Å². The van der Waals surface area contributed by atoms with Gasteiger partial charge in [0, 0.05) is 22.2 Å². The molecular weight excluding hydrogens is 372 g/mol. The van der Waals surface area contributed by atoms with Crippen LogP contribution in [-0.4, -0.2) is 21.3 Å². The molecule has 4 nitrogen and oxygen atoms in total. The van der Waals surface area contributed by atoms with Crippen molar-refractivity contribution in [1.29, 1.82) is 0 Å². The molecule has 0 saturated heterocycles. The Kier molecular flexibility index (Phi) is 5.64. The predicted octanol–water partition coefficient (Wildman–Crippen LogP) is 5.57. The number of nitrogens with one attached hydrogen (secondary N) is 1. The minimum absolute atomic E-state index is 0.0298. The molecule has 2 aromatic carbocycles. The van der Waals surface area contributed by atoms with E-state index in [0.29, 0.717) is 11.1 Å². The molecule has 158 valence electrons. The molecule has 3 rings (SSSR count). The number of carbonyl (C=O) groups excluding carboxylic acids is 1. The van der Waals surface area contributed by atoms with Crippen LogP contribution in [0.1, 0.15) is 68.6 Å². The molecule has 0 radical (unpaired) electrons. The first-order valence-corrected chi connectivity index (χ1v) is 10.4. The molecule has 0 aliphatic carbocycles. The molecule has 0 bridgehead atoms. The summed E-state index contributed by atoms with van der Waals surface area (Å²) in [5.41, 5.74) is 3.75. The van der Waals surface area contributed by atoms with Crippen LogP contribution in [0.3, 0.4) is 0 Å². The van der Waals surface area contributed by atoms with E-state index in [2.05, 4.69) is 25.8 Å². The first-order valence-electron chi connectivity index (χ1n) is 10.4. The molecule has 1 N–H and O–H groups in total. The SMILES string of the molecule is Cc1ccc2cc(CN(C(=O)c3ccc(C(C)(C)C)cc3)C(C)(C)C)c(=O)[nH]c2c1. The van der Waals surface area contributed by atoms with Crippen LogP contribution in [0.4, 0.5) is 0 Å². The van der Waals surface area contributed by atoms with Crippen LogP contribution in [0.25, 0.3) is 10.9 Å².